The van der Waals surface area contributed by atoms with Gasteiger partial charge in [0.05, 0.1) is 22.1 Å². The van der Waals surface area contributed by atoms with E-state index in [2.05, 4.69) is 131 Å². The number of hydrogen-bond donors (Lipinski definition) is 0. The van der Waals surface area contributed by atoms with Crippen LogP contribution >= 0.6 is 0 Å². The maximum atomic E-state index is 2.39. The van der Waals surface area contributed by atoms with Gasteiger partial charge in [-0.2, -0.15) is 0 Å². The summed E-state index contributed by atoms with van der Waals surface area (Å²) in [6.45, 7) is 2.13. The van der Waals surface area contributed by atoms with Crippen LogP contribution in [0.25, 0.3) is 55.0 Å². The van der Waals surface area contributed by atoms with Crippen LogP contribution in [0.1, 0.15) is 5.56 Å². The van der Waals surface area contributed by atoms with Crippen molar-refractivity contribution >= 4 is 43.6 Å². The molecule has 0 saturated heterocycles. The van der Waals surface area contributed by atoms with E-state index in [1.165, 1.54) is 60.5 Å². The third kappa shape index (κ3) is 2.61. The molecule has 5 aromatic carbocycles. The molecule has 0 bridgehead atoms. The molecule has 7 rings (SSSR count). The summed E-state index contributed by atoms with van der Waals surface area (Å²) < 4.78 is 4.77. The lowest BCUT2D eigenvalue weighted by molar-refractivity contribution is 1.16. The molecule has 0 unspecified atom stereocenters. The fourth-order valence-corrected chi connectivity index (χ4v) is 5.27. The Kier molecular flexibility index (Phi) is 3.80. The Morgan fingerprint density at radius 3 is 1.39 bits per heavy atom. The van der Waals surface area contributed by atoms with Crippen molar-refractivity contribution in [3.8, 4) is 11.4 Å². The SMILES string of the molecule is Cc1ccc(-n2c3ccccc3c3cc(-n4c5ccccc5c5ccccc54)ccc32)cc1. The van der Waals surface area contributed by atoms with E-state index >= 15 is 0 Å². The number of aromatic nitrogens is 2. The molecular weight excluding hydrogens is 400 g/mol. The zero-order valence-corrected chi connectivity index (χ0v) is 18.4. The molecule has 0 radical (unpaired) electrons. The average Bonchev–Trinajstić information content (AvgIpc) is 3.37. The predicted octanol–water partition coefficient (Wildman–Crippen LogP) is 8.19. The summed E-state index contributed by atoms with van der Waals surface area (Å²) in [7, 11) is 0. The standard InChI is InChI=1S/C31H22N2/c1-21-14-16-22(17-15-21)32-30-13-7-4-10-26(30)27-20-23(18-19-31(27)32)33-28-11-5-2-8-24(28)25-9-3-6-12-29(25)33/h2-20H,1H3. The summed E-state index contributed by atoms with van der Waals surface area (Å²) in [5.41, 5.74) is 8.58. The minimum atomic E-state index is 1.19. The molecular formula is C31H22N2. The molecule has 0 amide bonds. The number of fused-ring (bicyclic) bond motifs is 6. The predicted molar refractivity (Wildman–Crippen MR) is 140 cm³/mol. The average molecular weight is 423 g/mol. The fraction of sp³-hybridized carbons (Fsp3) is 0.0323. The van der Waals surface area contributed by atoms with Crippen molar-refractivity contribution in [2.24, 2.45) is 0 Å². The lowest BCUT2D eigenvalue weighted by Crippen LogP contribution is -1.95. The minimum absolute atomic E-state index is 1.19. The van der Waals surface area contributed by atoms with Crippen LogP contribution in [-0.4, -0.2) is 9.13 Å². The van der Waals surface area contributed by atoms with Gasteiger partial charge in [0.15, 0.2) is 0 Å². The van der Waals surface area contributed by atoms with E-state index in [0.29, 0.717) is 0 Å². The second-order valence-corrected chi connectivity index (χ2v) is 8.76. The van der Waals surface area contributed by atoms with Crippen LogP contribution in [0.5, 0.6) is 0 Å². The van der Waals surface area contributed by atoms with Crippen LogP contribution < -0.4 is 0 Å². The van der Waals surface area contributed by atoms with Crippen molar-refractivity contribution in [3.05, 3.63) is 121 Å². The quantitative estimate of drug-likeness (QED) is 0.266. The van der Waals surface area contributed by atoms with Gasteiger partial charge in [-0.05, 0) is 55.5 Å². The van der Waals surface area contributed by atoms with Crippen LogP contribution in [0.2, 0.25) is 0 Å². The summed E-state index contributed by atoms with van der Waals surface area (Å²) in [6, 6.07) is 41.7. The van der Waals surface area contributed by atoms with Crippen LogP contribution in [0, 0.1) is 6.92 Å². The molecule has 0 fully saturated rings. The Hall–Kier alpha value is -4.30. The number of benzene rings is 5. The van der Waals surface area contributed by atoms with E-state index in [9.17, 15) is 0 Å². The fourth-order valence-electron chi connectivity index (χ4n) is 5.27. The zero-order chi connectivity index (χ0) is 21.9. The van der Waals surface area contributed by atoms with Crippen molar-refractivity contribution in [1.29, 1.82) is 0 Å². The highest BCUT2D eigenvalue weighted by atomic mass is 15.0. The molecule has 0 atom stereocenters. The maximum absolute atomic E-state index is 2.39. The van der Waals surface area contributed by atoms with E-state index in [1.807, 2.05) is 0 Å². The van der Waals surface area contributed by atoms with Crippen molar-refractivity contribution in [3.63, 3.8) is 0 Å². The van der Waals surface area contributed by atoms with Gasteiger partial charge in [-0.3, -0.25) is 0 Å². The third-order valence-electron chi connectivity index (χ3n) is 6.79. The Morgan fingerprint density at radius 1 is 0.394 bits per heavy atom. The molecule has 0 saturated carbocycles. The molecule has 0 aliphatic rings. The smallest absolute Gasteiger partial charge is 0.0542 e. The van der Waals surface area contributed by atoms with E-state index in [-0.39, 0.29) is 0 Å². The topological polar surface area (TPSA) is 9.86 Å². The summed E-state index contributed by atoms with van der Waals surface area (Å²) >= 11 is 0. The number of aryl methyl sites for hydroxylation is 1. The number of nitrogens with zero attached hydrogens (tertiary/aromatic N) is 2. The first-order valence-electron chi connectivity index (χ1n) is 11.4. The Morgan fingerprint density at radius 2 is 0.818 bits per heavy atom. The summed E-state index contributed by atoms with van der Waals surface area (Å²) in [4.78, 5) is 0. The van der Waals surface area contributed by atoms with Crippen LogP contribution in [0.3, 0.4) is 0 Å². The first-order valence-corrected chi connectivity index (χ1v) is 11.4. The molecule has 2 aromatic heterocycles. The van der Waals surface area contributed by atoms with E-state index in [0.717, 1.165) is 0 Å². The normalized spacial score (nSPS) is 11.8. The number of para-hydroxylation sites is 3. The van der Waals surface area contributed by atoms with Crippen molar-refractivity contribution in [1.82, 2.24) is 9.13 Å². The van der Waals surface area contributed by atoms with E-state index in [1.54, 1.807) is 0 Å². The second kappa shape index (κ2) is 6.85. The molecule has 7 aromatic rings. The van der Waals surface area contributed by atoms with Crippen molar-refractivity contribution < 1.29 is 0 Å². The summed E-state index contributed by atoms with van der Waals surface area (Å²) in [5, 5.41) is 5.12. The van der Waals surface area contributed by atoms with Crippen LogP contribution in [0.15, 0.2) is 115 Å². The molecule has 33 heavy (non-hydrogen) atoms. The third-order valence-corrected chi connectivity index (χ3v) is 6.79. The van der Waals surface area contributed by atoms with Crippen LogP contribution in [0.4, 0.5) is 0 Å². The van der Waals surface area contributed by atoms with Gasteiger partial charge in [0, 0.05) is 32.9 Å². The lowest BCUT2D eigenvalue weighted by atomic mass is 10.1. The highest BCUT2D eigenvalue weighted by molar-refractivity contribution is 6.12. The van der Waals surface area contributed by atoms with Gasteiger partial charge >= 0.3 is 0 Å². The molecule has 2 nitrogen and oxygen atoms in total. The Balaban J connectivity index is 1.57. The number of hydrogen-bond acceptors (Lipinski definition) is 0. The molecule has 0 N–H and O–H groups in total. The van der Waals surface area contributed by atoms with Crippen molar-refractivity contribution in [2.75, 3.05) is 0 Å². The highest BCUT2D eigenvalue weighted by Crippen LogP contribution is 2.36. The van der Waals surface area contributed by atoms with Gasteiger partial charge in [0.1, 0.15) is 0 Å². The second-order valence-electron chi connectivity index (χ2n) is 8.76. The van der Waals surface area contributed by atoms with E-state index in [4.69, 9.17) is 0 Å². The Labute approximate surface area is 191 Å². The highest BCUT2D eigenvalue weighted by Gasteiger charge is 2.15. The van der Waals surface area contributed by atoms with Gasteiger partial charge < -0.3 is 9.13 Å². The van der Waals surface area contributed by atoms with Gasteiger partial charge in [-0.1, -0.05) is 72.3 Å². The first-order chi connectivity index (χ1) is 16.3. The summed E-state index contributed by atoms with van der Waals surface area (Å²) in [5.74, 6) is 0. The minimum Gasteiger partial charge on any atom is -0.309 e. The molecule has 2 heteroatoms. The zero-order valence-electron chi connectivity index (χ0n) is 18.4. The molecule has 2 heterocycles. The van der Waals surface area contributed by atoms with Gasteiger partial charge in [0.25, 0.3) is 0 Å². The maximum Gasteiger partial charge on any atom is 0.0542 e. The Bertz CT molecular complexity index is 1760. The first kappa shape index (κ1) is 18.3. The van der Waals surface area contributed by atoms with Gasteiger partial charge in [-0.25, -0.2) is 0 Å². The van der Waals surface area contributed by atoms with Crippen LogP contribution in [-0.2, 0) is 0 Å². The van der Waals surface area contributed by atoms with Gasteiger partial charge in [0.2, 0.25) is 0 Å². The lowest BCUT2D eigenvalue weighted by Gasteiger charge is -2.10. The molecule has 0 aliphatic carbocycles. The molecule has 156 valence electrons. The molecule has 0 aliphatic heterocycles. The summed E-state index contributed by atoms with van der Waals surface area (Å²) in [6.07, 6.45) is 0. The van der Waals surface area contributed by atoms with Crippen molar-refractivity contribution in [2.45, 2.75) is 6.92 Å². The largest absolute Gasteiger partial charge is 0.309 e. The van der Waals surface area contributed by atoms with E-state index < -0.39 is 0 Å². The monoisotopic (exact) mass is 422 g/mol. The van der Waals surface area contributed by atoms with Gasteiger partial charge in [-0.15, -0.1) is 0 Å². The molecule has 0 spiro atoms. The number of rotatable bonds is 2.